The van der Waals surface area contributed by atoms with Crippen LogP contribution in [0.4, 0.5) is 0 Å². The van der Waals surface area contributed by atoms with Gasteiger partial charge in [-0.3, -0.25) is 4.79 Å². The van der Waals surface area contributed by atoms with E-state index in [0.717, 1.165) is 31.7 Å². The SMILES string of the molecule is CN(CCC#N)C(=O)c1ccc(Oc2ccc3c(c2)CCN(C2=CC=C2)CC3)cc1. The molecule has 5 heteroatoms. The van der Waals surface area contributed by atoms with Crippen molar-refractivity contribution in [1.82, 2.24) is 9.80 Å². The Morgan fingerprint density at radius 1 is 1.10 bits per heavy atom. The second-order valence-corrected chi connectivity index (χ2v) is 7.63. The van der Waals surface area contributed by atoms with Gasteiger partial charge in [-0.2, -0.15) is 5.26 Å². The lowest BCUT2D eigenvalue weighted by Crippen LogP contribution is -2.27. The number of nitriles is 1. The van der Waals surface area contributed by atoms with E-state index in [2.05, 4.69) is 41.3 Å². The molecular weight excluding hydrogens is 374 g/mol. The summed E-state index contributed by atoms with van der Waals surface area (Å²) < 4.78 is 6.05. The molecule has 4 rings (SSSR count). The van der Waals surface area contributed by atoms with Crippen LogP contribution in [0.25, 0.3) is 0 Å². The van der Waals surface area contributed by atoms with Crippen molar-refractivity contribution in [3.05, 3.63) is 83.1 Å². The molecule has 0 fully saturated rings. The molecule has 0 spiro atoms. The largest absolute Gasteiger partial charge is 0.457 e. The Morgan fingerprint density at radius 3 is 2.47 bits per heavy atom. The maximum absolute atomic E-state index is 12.4. The number of nitrogens with zero attached hydrogens (tertiary/aromatic N) is 3. The van der Waals surface area contributed by atoms with Crippen LogP contribution in [-0.4, -0.2) is 42.4 Å². The minimum Gasteiger partial charge on any atom is -0.457 e. The van der Waals surface area contributed by atoms with E-state index < -0.39 is 0 Å². The van der Waals surface area contributed by atoms with Crippen molar-refractivity contribution < 1.29 is 9.53 Å². The first-order valence-electron chi connectivity index (χ1n) is 10.3. The molecule has 1 heterocycles. The summed E-state index contributed by atoms with van der Waals surface area (Å²) in [4.78, 5) is 16.4. The van der Waals surface area contributed by atoms with Crippen molar-refractivity contribution in [1.29, 1.82) is 5.26 Å². The van der Waals surface area contributed by atoms with Crippen molar-refractivity contribution in [2.75, 3.05) is 26.7 Å². The highest BCUT2D eigenvalue weighted by molar-refractivity contribution is 5.94. The normalized spacial score (nSPS) is 14.7. The zero-order chi connectivity index (χ0) is 20.9. The van der Waals surface area contributed by atoms with E-state index in [-0.39, 0.29) is 5.91 Å². The smallest absolute Gasteiger partial charge is 0.253 e. The first-order valence-corrected chi connectivity index (χ1v) is 10.3. The monoisotopic (exact) mass is 399 g/mol. The maximum Gasteiger partial charge on any atom is 0.253 e. The van der Waals surface area contributed by atoms with Gasteiger partial charge in [-0.1, -0.05) is 12.1 Å². The second kappa shape index (κ2) is 8.87. The number of rotatable bonds is 6. The lowest BCUT2D eigenvalue weighted by Gasteiger charge is -2.26. The molecule has 30 heavy (non-hydrogen) atoms. The number of ether oxygens (including phenoxy) is 1. The van der Waals surface area contributed by atoms with Crippen molar-refractivity contribution in [2.24, 2.45) is 0 Å². The molecule has 0 saturated heterocycles. The van der Waals surface area contributed by atoms with Crippen LogP contribution in [0.15, 0.2) is 66.4 Å². The van der Waals surface area contributed by atoms with E-state index in [1.165, 1.54) is 16.8 Å². The van der Waals surface area contributed by atoms with Crippen LogP contribution in [0, 0.1) is 11.3 Å². The van der Waals surface area contributed by atoms with Gasteiger partial charge in [-0.15, -0.1) is 0 Å². The van der Waals surface area contributed by atoms with Crippen LogP contribution in [0.5, 0.6) is 11.5 Å². The zero-order valence-electron chi connectivity index (χ0n) is 17.2. The van der Waals surface area contributed by atoms with Crippen LogP contribution in [0.3, 0.4) is 0 Å². The fourth-order valence-corrected chi connectivity index (χ4v) is 3.76. The molecule has 5 nitrogen and oxygen atoms in total. The van der Waals surface area contributed by atoms with Crippen LogP contribution in [0.2, 0.25) is 0 Å². The average Bonchev–Trinajstić information content (AvgIpc) is 2.93. The van der Waals surface area contributed by atoms with Gasteiger partial charge < -0.3 is 14.5 Å². The van der Waals surface area contributed by atoms with Crippen LogP contribution in [0.1, 0.15) is 27.9 Å². The molecule has 0 aromatic heterocycles. The third-order valence-corrected chi connectivity index (χ3v) is 5.62. The van der Waals surface area contributed by atoms with E-state index >= 15 is 0 Å². The minimum atomic E-state index is -0.0946. The molecule has 152 valence electrons. The van der Waals surface area contributed by atoms with Gasteiger partial charge in [0.1, 0.15) is 11.5 Å². The predicted octanol–water partition coefficient (Wildman–Crippen LogP) is 4.32. The Morgan fingerprint density at radius 2 is 1.80 bits per heavy atom. The zero-order valence-corrected chi connectivity index (χ0v) is 17.2. The number of allylic oxidation sites excluding steroid dienone is 3. The Balaban J connectivity index is 1.40. The summed E-state index contributed by atoms with van der Waals surface area (Å²) >= 11 is 0. The Labute approximate surface area is 177 Å². The summed E-state index contributed by atoms with van der Waals surface area (Å²) in [5.41, 5.74) is 4.64. The first kappa shape index (κ1) is 19.8. The fraction of sp³-hybridized carbons (Fsp3) is 0.280. The van der Waals surface area contributed by atoms with Crippen molar-refractivity contribution in [2.45, 2.75) is 19.3 Å². The van der Waals surface area contributed by atoms with Gasteiger partial charge >= 0.3 is 0 Å². The number of benzene rings is 2. The molecule has 2 aromatic carbocycles. The maximum atomic E-state index is 12.4. The van der Waals surface area contributed by atoms with E-state index in [0.29, 0.717) is 24.3 Å². The molecule has 1 aliphatic heterocycles. The highest BCUT2D eigenvalue weighted by Crippen LogP contribution is 2.28. The average molecular weight is 399 g/mol. The van der Waals surface area contributed by atoms with E-state index in [9.17, 15) is 4.79 Å². The molecule has 0 N–H and O–H groups in total. The molecule has 0 bridgehead atoms. The number of hydrogen-bond donors (Lipinski definition) is 0. The molecule has 2 aliphatic rings. The summed E-state index contributed by atoms with van der Waals surface area (Å²) in [5, 5.41) is 8.67. The van der Waals surface area contributed by atoms with Crippen LogP contribution >= 0.6 is 0 Å². The number of carbonyl (C=O) groups excluding carboxylic acids is 1. The quantitative estimate of drug-likeness (QED) is 0.726. The molecule has 1 aliphatic carbocycles. The lowest BCUT2D eigenvalue weighted by atomic mass is 10.0. The number of fused-ring (bicyclic) bond motifs is 1. The molecule has 1 amide bonds. The van der Waals surface area contributed by atoms with E-state index in [4.69, 9.17) is 10.00 Å². The lowest BCUT2D eigenvalue weighted by molar-refractivity contribution is 0.0798. The second-order valence-electron chi connectivity index (χ2n) is 7.63. The standard InChI is InChI=1S/C25H25N3O2/c1-27(15-3-14-26)25(29)20-7-9-23(10-8-20)30-24-11-6-19-12-16-28(22-4-2-5-22)17-13-21(19)18-24/h2,4-11,18H,3,12-13,15-17H2,1H3. The highest BCUT2D eigenvalue weighted by atomic mass is 16.5. The molecule has 2 aromatic rings. The topological polar surface area (TPSA) is 56.6 Å². The third kappa shape index (κ3) is 4.38. The van der Waals surface area contributed by atoms with E-state index in [1.54, 1.807) is 24.1 Å². The van der Waals surface area contributed by atoms with E-state index in [1.807, 2.05) is 18.2 Å². The highest BCUT2D eigenvalue weighted by Gasteiger charge is 2.17. The summed E-state index contributed by atoms with van der Waals surface area (Å²) in [7, 11) is 1.71. The number of amides is 1. The van der Waals surface area contributed by atoms with Gasteiger partial charge in [0.25, 0.3) is 5.91 Å². The van der Waals surface area contributed by atoms with Crippen molar-refractivity contribution in [3.63, 3.8) is 0 Å². The molecule has 0 unspecified atom stereocenters. The third-order valence-electron chi connectivity index (χ3n) is 5.62. The Hall–Kier alpha value is -3.52. The molecule has 0 radical (unpaired) electrons. The Bertz CT molecular complexity index is 1030. The van der Waals surface area contributed by atoms with Crippen molar-refractivity contribution in [3.8, 4) is 17.6 Å². The summed E-state index contributed by atoms with van der Waals surface area (Å²) in [5.74, 6) is 1.42. The van der Waals surface area contributed by atoms with Crippen LogP contribution < -0.4 is 4.74 Å². The number of hydrogen-bond acceptors (Lipinski definition) is 4. The minimum absolute atomic E-state index is 0.0946. The summed E-state index contributed by atoms with van der Waals surface area (Å²) in [6.45, 7) is 2.48. The summed E-state index contributed by atoms with van der Waals surface area (Å²) in [6.07, 6.45) is 8.79. The van der Waals surface area contributed by atoms with Gasteiger partial charge in [0, 0.05) is 37.9 Å². The molecule has 0 saturated carbocycles. The van der Waals surface area contributed by atoms with Gasteiger partial charge in [0.05, 0.1) is 12.5 Å². The van der Waals surface area contributed by atoms with Crippen molar-refractivity contribution >= 4 is 5.91 Å². The summed E-state index contributed by atoms with van der Waals surface area (Å²) in [6, 6.07) is 15.5. The first-order chi connectivity index (χ1) is 14.6. The Kier molecular flexibility index (Phi) is 5.85. The van der Waals surface area contributed by atoms with Gasteiger partial charge in [0.2, 0.25) is 0 Å². The fourth-order valence-electron chi connectivity index (χ4n) is 3.76. The van der Waals surface area contributed by atoms with Crippen LogP contribution in [-0.2, 0) is 12.8 Å². The number of carbonyl (C=O) groups is 1. The molecule has 0 atom stereocenters. The van der Waals surface area contributed by atoms with Gasteiger partial charge in [0.15, 0.2) is 0 Å². The van der Waals surface area contributed by atoms with Gasteiger partial charge in [-0.05, 0) is 72.5 Å². The van der Waals surface area contributed by atoms with Gasteiger partial charge in [-0.25, -0.2) is 0 Å². The molecular formula is C25H25N3O2. The predicted molar refractivity (Wildman–Crippen MR) is 116 cm³/mol.